The van der Waals surface area contributed by atoms with Crippen molar-refractivity contribution in [3.05, 3.63) is 54.7 Å². The number of halogens is 2. The van der Waals surface area contributed by atoms with E-state index in [2.05, 4.69) is 52.3 Å². The second-order valence-electron chi connectivity index (χ2n) is 3.73. The van der Waals surface area contributed by atoms with E-state index in [1.807, 2.05) is 18.2 Å². The van der Waals surface area contributed by atoms with Gasteiger partial charge in [-0.1, -0.05) is 30.7 Å². The van der Waals surface area contributed by atoms with E-state index >= 15 is 0 Å². The maximum absolute atomic E-state index is 6.06. The van der Waals surface area contributed by atoms with Gasteiger partial charge >= 0.3 is 0 Å². The molecule has 1 unspecified atom stereocenters. The highest BCUT2D eigenvalue weighted by atomic mass is 127. The molecule has 17 heavy (non-hydrogen) atoms. The first-order chi connectivity index (χ1) is 8.20. The Morgan fingerprint density at radius 2 is 2.18 bits per heavy atom. The van der Waals surface area contributed by atoms with Crippen molar-refractivity contribution >= 4 is 45.5 Å². The van der Waals surface area contributed by atoms with Gasteiger partial charge in [0, 0.05) is 5.02 Å². The largest absolute Gasteiger partial charge is 0.307 e. The third-order valence-electron chi connectivity index (χ3n) is 2.51. The SMILES string of the molecule is CCNC(c1cccc(Cl)c1)c1csc(I)c1. The van der Waals surface area contributed by atoms with Gasteiger partial charge in [-0.05, 0) is 63.8 Å². The van der Waals surface area contributed by atoms with Crippen LogP contribution in [0.4, 0.5) is 0 Å². The van der Waals surface area contributed by atoms with Crippen LogP contribution in [0.25, 0.3) is 0 Å². The Bertz CT molecular complexity index is 498. The molecule has 1 aromatic heterocycles. The third kappa shape index (κ3) is 3.44. The van der Waals surface area contributed by atoms with Gasteiger partial charge in [0.25, 0.3) is 0 Å². The van der Waals surface area contributed by atoms with Crippen LogP contribution in [0.2, 0.25) is 5.02 Å². The van der Waals surface area contributed by atoms with Crippen LogP contribution in [0.5, 0.6) is 0 Å². The lowest BCUT2D eigenvalue weighted by molar-refractivity contribution is 0.632. The number of rotatable bonds is 4. The van der Waals surface area contributed by atoms with Gasteiger partial charge in [0.2, 0.25) is 0 Å². The number of thiophene rings is 1. The van der Waals surface area contributed by atoms with Crippen molar-refractivity contribution in [2.75, 3.05) is 6.54 Å². The molecule has 0 aliphatic carbocycles. The van der Waals surface area contributed by atoms with Gasteiger partial charge in [-0.25, -0.2) is 0 Å². The molecule has 1 nitrogen and oxygen atoms in total. The summed E-state index contributed by atoms with van der Waals surface area (Å²) in [5.74, 6) is 0. The summed E-state index contributed by atoms with van der Waals surface area (Å²) in [6.45, 7) is 3.05. The summed E-state index contributed by atoms with van der Waals surface area (Å²) in [4.78, 5) is 0. The van der Waals surface area contributed by atoms with Crippen LogP contribution in [0.3, 0.4) is 0 Å². The molecule has 4 heteroatoms. The Morgan fingerprint density at radius 3 is 2.76 bits per heavy atom. The van der Waals surface area contributed by atoms with E-state index in [1.165, 1.54) is 14.0 Å². The van der Waals surface area contributed by atoms with Crippen molar-refractivity contribution in [3.63, 3.8) is 0 Å². The molecule has 2 rings (SSSR count). The maximum Gasteiger partial charge on any atom is 0.0656 e. The van der Waals surface area contributed by atoms with Gasteiger partial charge in [-0.3, -0.25) is 0 Å². The summed E-state index contributed by atoms with van der Waals surface area (Å²) < 4.78 is 1.31. The van der Waals surface area contributed by atoms with Gasteiger partial charge < -0.3 is 5.32 Å². The lowest BCUT2D eigenvalue weighted by Crippen LogP contribution is -2.21. The smallest absolute Gasteiger partial charge is 0.0656 e. The Balaban J connectivity index is 2.35. The highest BCUT2D eigenvalue weighted by Crippen LogP contribution is 2.28. The van der Waals surface area contributed by atoms with Crippen LogP contribution in [-0.4, -0.2) is 6.54 Å². The molecule has 0 radical (unpaired) electrons. The van der Waals surface area contributed by atoms with E-state index in [-0.39, 0.29) is 6.04 Å². The molecule has 1 N–H and O–H groups in total. The van der Waals surface area contributed by atoms with Crippen LogP contribution in [0.15, 0.2) is 35.7 Å². The monoisotopic (exact) mass is 377 g/mol. The average molecular weight is 378 g/mol. The Labute approximate surface area is 124 Å². The van der Waals surface area contributed by atoms with Gasteiger partial charge in [-0.2, -0.15) is 0 Å². The summed E-state index contributed by atoms with van der Waals surface area (Å²) in [5, 5.41) is 6.49. The molecule has 1 atom stereocenters. The van der Waals surface area contributed by atoms with Crippen molar-refractivity contribution < 1.29 is 0 Å². The van der Waals surface area contributed by atoms with Crippen LogP contribution < -0.4 is 5.32 Å². The molecule has 0 saturated heterocycles. The lowest BCUT2D eigenvalue weighted by Gasteiger charge is -2.17. The Hall–Kier alpha value is -0.100. The van der Waals surface area contributed by atoms with Crippen molar-refractivity contribution in [3.8, 4) is 0 Å². The second kappa shape index (κ2) is 6.18. The number of hydrogen-bond acceptors (Lipinski definition) is 2. The average Bonchev–Trinajstić information content (AvgIpc) is 2.72. The van der Waals surface area contributed by atoms with Gasteiger partial charge in [0.1, 0.15) is 0 Å². The standard InChI is InChI=1S/C13H13ClINS/c1-2-16-13(10-7-12(15)17-8-10)9-4-3-5-11(14)6-9/h3-8,13,16H,2H2,1H3. The van der Waals surface area contributed by atoms with Crippen LogP contribution >= 0.6 is 45.5 Å². The fraction of sp³-hybridized carbons (Fsp3) is 0.231. The van der Waals surface area contributed by atoms with E-state index in [0.29, 0.717) is 0 Å². The predicted molar refractivity (Wildman–Crippen MR) is 84.0 cm³/mol. The van der Waals surface area contributed by atoms with Crippen molar-refractivity contribution in [1.29, 1.82) is 0 Å². The van der Waals surface area contributed by atoms with Crippen LogP contribution in [0.1, 0.15) is 24.1 Å². The fourth-order valence-corrected chi connectivity index (χ4v) is 3.39. The summed E-state index contributed by atoms with van der Waals surface area (Å²) >= 11 is 10.2. The maximum atomic E-state index is 6.06. The molecule has 0 aliphatic heterocycles. The molecule has 90 valence electrons. The number of hydrogen-bond donors (Lipinski definition) is 1. The molecule has 0 aliphatic rings. The van der Waals surface area contributed by atoms with Gasteiger partial charge in [0.15, 0.2) is 0 Å². The highest BCUT2D eigenvalue weighted by Gasteiger charge is 2.14. The predicted octanol–water partition coefficient (Wildman–Crippen LogP) is 4.71. The molecule has 0 spiro atoms. The van der Waals surface area contributed by atoms with Crippen molar-refractivity contribution in [2.45, 2.75) is 13.0 Å². The minimum absolute atomic E-state index is 0.235. The molecular weight excluding hydrogens is 365 g/mol. The van der Waals surface area contributed by atoms with Crippen molar-refractivity contribution in [2.24, 2.45) is 0 Å². The van der Waals surface area contributed by atoms with Crippen LogP contribution in [-0.2, 0) is 0 Å². The summed E-state index contributed by atoms with van der Waals surface area (Å²) in [6, 6.07) is 10.5. The zero-order valence-electron chi connectivity index (χ0n) is 9.41. The van der Waals surface area contributed by atoms with E-state index in [0.717, 1.165) is 11.6 Å². The van der Waals surface area contributed by atoms with Gasteiger partial charge in [0.05, 0.1) is 8.93 Å². The molecule has 0 saturated carbocycles. The molecule has 0 amide bonds. The summed E-state index contributed by atoms with van der Waals surface area (Å²) in [7, 11) is 0. The molecule has 0 fully saturated rings. The first-order valence-electron chi connectivity index (χ1n) is 5.43. The molecule has 2 aromatic rings. The normalized spacial score (nSPS) is 12.6. The fourth-order valence-electron chi connectivity index (χ4n) is 1.79. The summed E-state index contributed by atoms with van der Waals surface area (Å²) in [5.41, 5.74) is 2.53. The first-order valence-corrected chi connectivity index (χ1v) is 7.77. The number of benzene rings is 1. The lowest BCUT2D eigenvalue weighted by atomic mass is 10.0. The zero-order valence-corrected chi connectivity index (χ0v) is 13.1. The van der Waals surface area contributed by atoms with E-state index in [9.17, 15) is 0 Å². The minimum atomic E-state index is 0.235. The topological polar surface area (TPSA) is 12.0 Å². The molecule has 1 aromatic carbocycles. The molecule has 1 heterocycles. The Morgan fingerprint density at radius 1 is 1.35 bits per heavy atom. The van der Waals surface area contributed by atoms with E-state index in [4.69, 9.17) is 11.6 Å². The van der Waals surface area contributed by atoms with E-state index < -0.39 is 0 Å². The minimum Gasteiger partial charge on any atom is -0.307 e. The van der Waals surface area contributed by atoms with Crippen LogP contribution in [0, 0.1) is 2.88 Å². The van der Waals surface area contributed by atoms with Gasteiger partial charge in [-0.15, -0.1) is 11.3 Å². The first kappa shape index (κ1) is 13.3. The van der Waals surface area contributed by atoms with E-state index in [1.54, 1.807) is 11.3 Å². The van der Waals surface area contributed by atoms with Crippen molar-refractivity contribution in [1.82, 2.24) is 5.32 Å². The highest BCUT2D eigenvalue weighted by molar-refractivity contribution is 14.1. The zero-order chi connectivity index (χ0) is 12.3. The quantitative estimate of drug-likeness (QED) is 0.761. The molecule has 0 bridgehead atoms. The summed E-state index contributed by atoms with van der Waals surface area (Å²) in [6.07, 6.45) is 0. The second-order valence-corrected chi connectivity index (χ2v) is 6.97. The number of nitrogens with one attached hydrogen (secondary N) is 1. The Kier molecular flexibility index (Phi) is 4.85. The third-order valence-corrected chi connectivity index (χ3v) is 4.55. The molecular formula is C13H13ClINS.